The Hall–Kier alpha value is -0.740. The van der Waals surface area contributed by atoms with Crippen LogP contribution in [0.3, 0.4) is 0 Å². The van der Waals surface area contributed by atoms with E-state index in [1.54, 1.807) is 38.1 Å². The minimum absolute atomic E-state index is 0.146. The van der Waals surface area contributed by atoms with E-state index in [1.165, 1.54) is 0 Å². The van der Waals surface area contributed by atoms with Gasteiger partial charge in [0.05, 0.1) is 0 Å². The van der Waals surface area contributed by atoms with Gasteiger partial charge in [-0.15, -0.1) is 0 Å². The van der Waals surface area contributed by atoms with E-state index in [4.69, 9.17) is 16.3 Å². The van der Waals surface area contributed by atoms with E-state index in [1.807, 2.05) is 0 Å². The number of rotatable bonds is 5. The van der Waals surface area contributed by atoms with Crippen LogP contribution in [-0.4, -0.2) is 23.4 Å². The van der Waals surface area contributed by atoms with Crippen molar-refractivity contribution in [1.82, 2.24) is 5.32 Å². The van der Waals surface area contributed by atoms with Crippen molar-refractivity contribution < 1.29 is 9.53 Å². The smallest absolute Gasteiger partial charge is 0.263 e. The number of carbonyl (C=O) groups excluding carboxylic acids is 1. The SMILES string of the molecule is CC(C)(Oc1ccc(Cl)cc1)C(=O)NCCBr. The summed E-state index contributed by atoms with van der Waals surface area (Å²) in [6, 6.07) is 6.93. The topological polar surface area (TPSA) is 38.3 Å². The number of ether oxygens (including phenoxy) is 1. The fraction of sp³-hybridized carbons (Fsp3) is 0.417. The fourth-order valence-corrected chi connectivity index (χ4v) is 1.54. The van der Waals surface area contributed by atoms with Crippen molar-refractivity contribution in [3.63, 3.8) is 0 Å². The largest absolute Gasteiger partial charge is 0.478 e. The molecule has 1 amide bonds. The number of hydrogen-bond donors (Lipinski definition) is 1. The average molecular weight is 321 g/mol. The summed E-state index contributed by atoms with van der Waals surface area (Å²) in [5.41, 5.74) is -0.907. The van der Waals surface area contributed by atoms with Crippen molar-refractivity contribution >= 4 is 33.4 Å². The van der Waals surface area contributed by atoms with Crippen LogP contribution in [0, 0.1) is 0 Å². The highest BCUT2D eigenvalue weighted by molar-refractivity contribution is 9.09. The first-order valence-corrected chi connectivity index (χ1v) is 6.74. The van der Waals surface area contributed by atoms with Crippen LogP contribution in [-0.2, 0) is 4.79 Å². The third kappa shape index (κ3) is 4.56. The molecule has 0 aliphatic carbocycles. The highest BCUT2D eigenvalue weighted by atomic mass is 79.9. The highest BCUT2D eigenvalue weighted by Crippen LogP contribution is 2.20. The molecule has 1 aromatic rings. The third-order valence-corrected chi connectivity index (χ3v) is 2.76. The maximum absolute atomic E-state index is 11.8. The number of benzene rings is 1. The van der Waals surface area contributed by atoms with Gasteiger partial charge in [-0.05, 0) is 38.1 Å². The van der Waals surface area contributed by atoms with E-state index >= 15 is 0 Å². The van der Waals surface area contributed by atoms with Crippen LogP contribution in [0.1, 0.15) is 13.8 Å². The number of amides is 1. The van der Waals surface area contributed by atoms with E-state index in [0.717, 1.165) is 5.33 Å². The van der Waals surface area contributed by atoms with Crippen LogP contribution in [0.4, 0.5) is 0 Å². The second-order valence-electron chi connectivity index (χ2n) is 4.01. The summed E-state index contributed by atoms with van der Waals surface area (Å²) in [5, 5.41) is 4.12. The second-order valence-corrected chi connectivity index (χ2v) is 5.24. The number of carbonyl (C=O) groups is 1. The first kappa shape index (κ1) is 14.3. The molecular formula is C12H15BrClNO2. The van der Waals surface area contributed by atoms with Gasteiger partial charge in [-0.3, -0.25) is 4.79 Å². The molecule has 0 radical (unpaired) electrons. The molecule has 0 unspecified atom stereocenters. The van der Waals surface area contributed by atoms with Crippen molar-refractivity contribution in [3.05, 3.63) is 29.3 Å². The standard InChI is InChI=1S/C12H15BrClNO2/c1-12(2,11(16)15-8-7-13)17-10-5-3-9(14)4-6-10/h3-6H,7-8H2,1-2H3,(H,15,16). The zero-order chi connectivity index (χ0) is 12.9. The highest BCUT2D eigenvalue weighted by Gasteiger charge is 2.29. The Morgan fingerprint density at radius 2 is 2.00 bits per heavy atom. The molecule has 3 nitrogen and oxygen atoms in total. The number of alkyl halides is 1. The molecular weight excluding hydrogens is 305 g/mol. The van der Waals surface area contributed by atoms with Crippen molar-refractivity contribution in [1.29, 1.82) is 0 Å². The van der Waals surface area contributed by atoms with E-state index in [2.05, 4.69) is 21.2 Å². The lowest BCUT2D eigenvalue weighted by Crippen LogP contribution is -2.47. The average Bonchev–Trinajstić information content (AvgIpc) is 2.28. The Labute approximate surface area is 115 Å². The Morgan fingerprint density at radius 3 is 2.53 bits per heavy atom. The van der Waals surface area contributed by atoms with Gasteiger partial charge in [0.15, 0.2) is 5.60 Å². The predicted molar refractivity (Wildman–Crippen MR) is 73.0 cm³/mol. The summed E-state index contributed by atoms with van der Waals surface area (Å²) in [6.45, 7) is 4.03. The van der Waals surface area contributed by atoms with Crippen molar-refractivity contribution in [2.24, 2.45) is 0 Å². The molecule has 17 heavy (non-hydrogen) atoms. The van der Waals surface area contributed by atoms with E-state index in [9.17, 15) is 4.79 Å². The summed E-state index contributed by atoms with van der Waals surface area (Å²) in [4.78, 5) is 11.8. The monoisotopic (exact) mass is 319 g/mol. The number of nitrogens with one attached hydrogen (secondary N) is 1. The van der Waals surface area contributed by atoms with Crippen molar-refractivity contribution in [2.45, 2.75) is 19.4 Å². The molecule has 0 bridgehead atoms. The fourth-order valence-electron chi connectivity index (χ4n) is 1.22. The van der Waals surface area contributed by atoms with Crippen LogP contribution in [0.5, 0.6) is 5.75 Å². The van der Waals surface area contributed by atoms with Gasteiger partial charge >= 0.3 is 0 Å². The minimum Gasteiger partial charge on any atom is -0.478 e. The van der Waals surface area contributed by atoms with Gasteiger partial charge in [0.2, 0.25) is 0 Å². The van der Waals surface area contributed by atoms with E-state index < -0.39 is 5.60 Å². The molecule has 94 valence electrons. The van der Waals surface area contributed by atoms with Crippen LogP contribution in [0.15, 0.2) is 24.3 Å². The molecule has 0 aliphatic rings. The minimum atomic E-state index is -0.907. The quantitative estimate of drug-likeness (QED) is 0.847. The van der Waals surface area contributed by atoms with Crippen molar-refractivity contribution in [3.8, 4) is 5.75 Å². The third-order valence-electron chi connectivity index (χ3n) is 2.11. The second kappa shape index (κ2) is 6.26. The van der Waals surface area contributed by atoms with Crippen molar-refractivity contribution in [2.75, 3.05) is 11.9 Å². The molecule has 5 heteroatoms. The Morgan fingerprint density at radius 1 is 1.41 bits per heavy atom. The molecule has 0 heterocycles. The van der Waals surface area contributed by atoms with E-state index in [-0.39, 0.29) is 5.91 Å². The molecule has 0 saturated heterocycles. The molecule has 1 N–H and O–H groups in total. The first-order valence-electron chi connectivity index (χ1n) is 5.24. The predicted octanol–water partition coefficient (Wildman–Crippen LogP) is 3.01. The van der Waals surface area contributed by atoms with Crippen LogP contribution < -0.4 is 10.1 Å². The zero-order valence-electron chi connectivity index (χ0n) is 9.80. The maximum Gasteiger partial charge on any atom is 0.263 e. The lowest BCUT2D eigenvalue weighted by molar-refractivity contribution is -0.134. The summed E-state index contributed by atoms with van der Waals surface area (Å²) in [5.74, 6) is 0.472. The van der Waals surface area contributed by atoms with Gasteiger partial charge in [0, 0.05) is 16.9 Å². The van der Waals surface area contributed by atoms with Crippen LogP contribution in [0.2, 0.25) is 5.02 Å². The summed E-state index contributed by atoms with van der Waals surface area (Å²) in [7, 11) is 0. The van der Waals surface area contributed by atoms with Gasteiger partial charge in [-0.1, -0.05) is 27.5 Å². The molecule has 1 rings (SSSR count). The summed E-state index contributed by atoms with van der Waals surface area (Å²) in [6.07, 6.45) is 0. The molecule has 1 aromatic carbocycles. The van der Waals surface area contributed by atoms with Gasteiger partial charge in [0.25, 0.3) is 5.91 Å². The lowest BCUT2D eigenvalue weighted by Gasteiger charge is -2.25. The zero-order valence-corrected chi connectivity index (χ0v) is 12.1. The summed E-state index contributed by atoms with van der Waals surface area (Å²) < 4.78 is 5.63. The van der Waals surface area contributed by atoms with Gasteiger partial charge in [0.1, 0.15) is 5.75 Å². The maximum atomic E-state index is 11.8. The molecule has 0 atom stereocenters. The Kier molecular flexibility index (Phi) is 5.28. The molecule has 0 aliphatic heterocycles. The van der Waals surface area contributed by atoms with Gasteiger partial charge in [-0.2, -0.15) is 0 Å². The Balaban J connectivity index is 2.65. The first-order chi connectivity index (χ1) is 7.95. The number of halogens is 2. The molecule has 0 spiro atoms. The molecule has 0 saturated carbocycles. The molecule has 0 fully saturated rings. The number of hydrogen-bond acceptors (Lipinski definition) is 2. The summed E-state index contributed by atoms with van der Waals surface area (Å²) >= 11 is 9.02. The van der Waals surface area contributed by atoms with Crippen LogP contribution >= 0.6 is 27.5 Å². The normalized spacial score (nSPS) is 11.1. The van der Waals surface area contributed by atoms with E-state index in [0.29, 0.717) is 17.3 Å². The lowest BCUT2D eigenvalue weighted by atomic mass is 10.1. The van der Waals surface area contributed by atoms with Gasteiger partial charge < -0.3 is 10.1 Å². The molecule has 0 aromatic heterocycles. The Bertz CT molecular complexity index is 379. The van der Waals surface area contributed by atoms with Crippen LogP contribution in [0.25, 0.3) is 0 Å². The van der Waals surface area contributed by atoms with Gasteiger partial charge in [-0.25, -0.2) is 0 Å².